The number of unbranched alkanes of at least 4 members (excludes halogenated alkanes) is 4. The molecular weight excluding hydrogens is 542 g/mol. The van der Waals surface area contributed by atoms with Crippen LogP contribution in [0.2, 0.25) is 17.7 Å². The molecule has 0 bridgehead atoms. The van der Waals surface area contributed by atoms with Crippen LogP contribution in [0.4, 0.5) is 0 Å². The zero-order valence-electron chi connectivity index (χ0n) is 18.1. The van der Waals surface area contributed by atoms with Gasteiger partial charge in [0.05, 0.1) is 0 Å². The van der Waals surface area contributed by atoms with Crippen LogP contribution in [0.3, 0.4) is 0 Å². The maximum absolute atomic E-state index is 10.6. The van der Waals surface area contributed by atoms with Gasteiger partial charge in [-0.1, -0.05) is 0 Å². The molecule has 26 heavy (non-hydrogen) atoms. The van der Waals surface area contributed by atoms with Crippen LogP contribution in [0.1, 0.15) is 92.9 Å². The van der Waals surface area contributed by atoms with Gasteiger partial charge in [-0.05, 0) is 0 Å². The van der Waals surface area contributed by atoms with Crippen molar-refractivity contribution in [2.24, 2.45) is 0 Å². The third-order valence-electron chi connectivity index (χ3n) is 3.90. The summed E-state index contributed by atoms with van der Waals surface area (Å²) in [4.78, 5) is 21.3. The summed E-state index contributed by atoms with van der Waals surface area (Å²) in [7, 11) is 0. The summed E-state index contributed by atoms with van der Waals surface area (Å²) >= 11 is -3.47. The quantitative estimate of drug-likeness (QED) is 0.226. The van der Waals surface area contributed by atoms with Gasteiger partial charge >= 0.3 is 179 Å². The van der Waals surface area contributed by atoms with E-state index in [4.69, 9.17) is 6.15 Å². The Labute approximate surface area is 177 Å². The van der Waals surface area contributed by atoms with Gasteiger partial charge in [0.15, 0.2) is 0 Å². The van der Waals surface area contributed by atoms with Crippen LogP contribution in [0.25, 0.3) is 0 Å². The van der Waals surface area contributed by atoms with E-state index in [-0.39, 0.29) is 11.9 Å². The summed E-state index contributed by atoms with van der Waals surface area (Å²) < 4.78 is 15.8. The van der Waals surface area contributed by atoms with Crippen molar-refractivity contribution in [2.75, 3.05) is 0 Å². The van der Waals surface area contributed by atoms with Gasteiger partial charge in [-0.3, -0.25) is 0 Å². The standard InChI is InChI=1S/4C4H9.2C2H4O2.2Sn/c4*1-3-4-2;2*1-2(3)4;;/h4*1,3-4H2,2H3;2*1H3,(H,3,4);;/q;;;;;;;+2/p-2. The van der Waals surface area contributed by atoms with E-state index in [1.165, 1.54) is 52.4 Å². The first-order valence-electron chi connectivity index (χ1n) is 10.5. The fourth-order valence-electron chi connectivity index (χ4n) is 2.42. The third kappa shape index (κ3) is 22.6. The molecule has 154 valence electrons. The third-order valence-corrected chi connectivity index (χ3v) is 18.1. The van der Waals surface area contributed by atoms with E-state index in [9.17, 15) is 9.59 Å². The molecule has 2 radical (unpaired) electrons. The molecule has 0 saturated heterocycles. The maximum atomic E-state index is 10.6. The van der Waals surface area contributed by atoms with Gasteiger partial charge in [0, 0.05) is 0 Å². The minimum atomic E-state index is -2.63. The Balaban J connectivity index is 0. The van der Waals surface area contributed by atoms with Crippen LogP contribution in [-0.2, 0) is 15.7 Å². The number of hydrogen-bond acceptors (Lipinski definition) is 4. The molecule has 0 saturated carbocycles. The summed E-state index contributed by atoms with van der Waals surface area (Å²) in [6, 6.07) is 0. The second kappa shape index (κ2) is 21.8. The van der Waals surface area contributed by atoms with E-state index in [1.54, 1.807) is 13.3 Å². The Morgan fingerprint density at radius 2 is 0.923 bits per heavy atom. The molecule has 0 aromatic carbocycles. The van der Waals surface area contributed by atoms with E-state index < -0.39 is 40.3 Å². The van der Waals surface area contributed by atoms with E-state index in [1.807, 2.05) is 6.92 Å². The molecule has 4 nitrogen and oxygen atoms in total. The predicted octanol–water partition coefficient (Wildman–Crippen LogP) is 6.28. The van der Waals surface area contributed by atoms with Crippen molar-refractivity contribution < 1.29 is 15.7 Å². The Morgan fingerprint density at radius 3 is 1.19 bits per heavy atom. The molecule has 0 aliphatic rings. The molecular formula is C20H42O4Sn2. The zero-order valence-corrected chi connectivity index (χ0v) is 23.8. The molecule has 0 unspecified atom stereocenters. The van der Waals surface area contributed by atoms with Crippen LogP contribution in [0.5, 0.6) is 0 Å². The second-order valence-electron chi connectivity index (χ2n) is 6.72. The molecule has 0 aromatic heterocycles. The SMILES string of the molecule is CCC[CH2][Sn]([CH2]CCC)[CH2]CCC.CCC[CH2][Sn]([O]C(C)=O)[O]C(C)=O. The van der Waals surface area contributed by atoms with Gasteiger partial charge in [-0.2, -0.15) is 0 Å². The molecule has 0 amide bonds. The van der Waals surface area contributed by atoms with Crippen molar-refractivity contribution in [3.63, 3.8) is 0 Å². The topological polar surface area (TPSA) is 52.6 Å². The van der Waals surface area contributed by atoms with Gasteiger partial charge in [-0.25, -0.2) is 0 Å². The fraction of sp³-hybridized carbons (Fsp3) is 0.900. The van der Waals surface area contributed by atoms with Crippen molar-refractivity contribution in [2.45, 2.75) is 111 Å². The van der Waals surface area contributed by atoms with Gasteiger partial charge < -0.3 is 0 Å². The van der Waals surface area contributed by atoms with Crippen LogP contribution >= 0.6 is 0 Å². The number of hydrogen-bond donors (Lipinski definition) is 0. The summed E-state index contributed by atoms with van der Waals surface area (Å²) in [5, 5.41) is 0. The minimum absolute atomic E-state index is 0.341. The molecule has 0 aromatic rings. The molecule has 6 heteroatoms. The monoisotopic (exact) mass is 586 g/mol. The summed E-state index contributed by atoms with van der Waals surface area (Å²) in [6.07, 6.45) is 10.8. The Bertz CT molecular complexity index is 303. The van der Waals surface area contributed by atoms with Crippen molar-refractivity contribution in [1.29, 1.82) is 0 Å². The molecule has 0 rings (SSSR count). The van der Waals surface area contributed by atoms with Crippen molar-refractivity contribution in [3.05, 3.63) is 0 Å². The van der Waals surface area contributed by atoms with Gasteiger partial charge in [0.1, 0.15) is 0 Å². The number of carbonyl (C=O) groups is 2. The molecule has 0 N–H and O–H groups in total. The molecule has 0 aliphatic heterocycles. The average Bonchev–Trinajstić information content (AvgIpc) is 2.58. The van der Waals surface area contributed by atoms with Crippen molar-refractivity contribution in [1.82, 2.24) is 0 Å². The van der Waals surface area contributed by atoms with E-state index in [0.29, 0.717) is 0 Å². The molecule has 0 heterocycles. The summed E-state index contributed by atoms with van der Waals surface area (Å²) in [5.41, 5.74) is 0. The van der Waals surface area contributed by atoms with Crippen molar-refractivity contribution >= 4 is 52.3 Å². The van der Waals surface area contributed by atoms with Crippen LogP contribution in [0, 0.1) is 0 Å². The first-order valence-corrected chi connectivity index (χ1v) is 20.9. The van der Waals surface area contributed by atoms with Gasteiger partial charge in [0.2, 0.25) is 0 Å². The first-order chi connectivity index (χ1) is 12.4. The van der Waals surface area contributed by atoms with E-state index in [0.717, 1.165) is 17.3 Å². The van der Waals surface area contributed by atoms with Crippen molar-refractivity contribution in [3.8, 4) is 0 Å². The average molecular weight is 584 g/mol. The summed E-state index contributed by atoms with van der Waals surface area (Å²) in [5.74, 6) is -0.682. The van der Waals surface area contributed by atoms with E-state index in [2.05, 4.69) is 20.8 Å². The molecule has 0 atom stereocenters. The Hall–Kier alpha value is 0.537. The summed E-state index contributed by atoms with van der Waals surface area (Å²) in [6.45, 7) is 11.7. The molecule has 0 fully saturated rings. The predicted molar refractivity (Wildman–Crippen MR) is 114 cm³/mol. The normalized spacial score (nSPS) is 10.5. The second-order valence-corrected chi connectivity index (χ2v) is 20.0. The Kier molecular flexibility index (Phi) is 24.1. The number of carbonyl (C=O) groups excluding carboxylic acids is 2. The van der Waals surface area contributed by atoms with Crippen LogP contribution in [0.15, 0.2) is 0 Å². The first kappa shape index (κ1) is 28.7. The van der Waals surface area contributed by atoms with Crippen LogP contribution in [-0.4, -0.2) is 52.3 Å². The van der Waals surface area contributed by atoms with Gasteiger partial charge in [-0.15, -0.1) is 0 Å². The zero-order chi connectivity index (χ0) is 20.2. The number of rotatable bonds is 14. The van der Waals surface area contributed by atoms with E-state index >= 15 is 0 Å². The molecule has 0 aliphatic carbocycles. The Morgan fingerprint density at radius 1 is 0.615 bits per heavy atom. The fourth-order valence-corrected chi connectivity index (χ4v) is 16.2. The van der Waals surface area contributed by atoms with Gasteiger partial charge in [0.25, 0.3) is 0 Å². The molecule has 0 spiro atoms. The van der Waals surface area contributed by atoms with Crippen LogP contribution < -0.4 is 0 Å².